The molecule has 1 heterocycles. The number of nitrogens with one attached hydrogen (secondary N) is 2. The Labute approximate surface area is 126 Å². The quantitative estimate of drug-likeness (QED) is 0.410. The second kappa shape index (κ2) is 7.53. The average Bonchev–Trinajstić information content (AvgIpc) is 2.99. The molecule has 0 aliphatic rings. The summed E-state index contributed by atoms with van der Waals surface area (Å²) in [5.74, 6) is 1.39. The number of ether oxygens (including phenoxy) is 1. The number of H-pyrrole nitrogens is 1. The van der Waals surface area contributed by atoms with E-state index in [1.807, 2.05) is 0 Å². The van der Waals surface area contributed by atoms with Crippen LogP contribution in [0, 0.1) is 0 Å². The van der Waals surface area contributed by atoms with Gasteiger partial charge in [-0.15, -0.1) is 0 Å². The van der Waals surface area contributed by atoms with E-state index in [0.29, 0.717) is 23.5 Å². The Hall–Kier alpha value is -2.22. The molecular formula is C13H17N5O2S. The van der Waals surface area contributed by atoms with Gasteiger partial charge in [-0.05, 0) is 18.6 Å². The molecule has 0 bridgehead atoms. The number of methoxy groups -OCH3 is 1. The minimum atomic E-state index is -0.0648. The second-order valence-electron chi connectivity index (χ2n) is 4.24. The number of carbonyl (C=O) groups is 1. The number of benzene rings is 1. The Bertz CT molecular complexity index is 588. The molecule has 4 N–H and O–H groups in total. The van der Waals surface area contributed by atoms with Crippen molar-refractivity contribution in [3.63, 3.8) is 0 Å². The highest BCUT2D eigenvalue weighted by molar-refractivity contribution is 7.99. The fourth-order valence-corrected chi connectivity index (χ4v) is 2.38. The number of hydrogen-bond donors (Lipinski definition) is 3. The number of carbonyl (C=O) groups excluding carboxylic acids is 1. The zero-order chi connectivity index (χ0) is 15.1. The summed E-state index contributed by atoms with van der Waals surface area (Å²) in [6.07, 6.45) is 2.63. The molecule has 112 valence electrons. The molecule has 2 rings (SSSR count). The van der Waals surface area contributed by atoms with Gasteiger partial charge in [0.25, 0.3) is 0 Å². The first kappa shape index (κ1) is 15.2. The lowest BCUT2D eigenvalue weighted by molar-refractivity contribution is -0.116. The molecule has 0 saturated carbocycles. The fraction of sp³-hybridized carbons (Fsp3) is 0.308. The van der Waals surface area contributed by atoms with Gasteiger partial charge in [0, 0.05) is 18.2 Å². The molecule has 8 heteroatoms. The maximum Gasteiger partial charge on any atom is 0.224 e. The molecule has 1 aromatic heterocycles. The highest BCUT2D eigenvalue weighted by Crippen LogP contribution is 2.24. The van der Waals surface area contributed by atoms with Crippen LogP contribution in [0.25, 0.3) is 0 Å². The summed E-state index contributed by atoms with van der Waals surface area (Å²) in [6, 6.07) is 5.16. The molecule has 0 atom stereocenters. The van der Waals surface area contributed by atoms with Crippen molar-refractivity contribution in [2.45, 2.75) is 18.0 Å². The molecule has 0 saturated heterocycles. The molecule has 0 fully saturated rings. The third-order valence-corrected chi connectivity index (χ3v) is 3.68. The zero-order valence-corrected chi connectivity index (χ0v) is 12.4. The average molecular weight is 307 g/mol. The number of thioether (sulfide) groups is 1. The molecule has 7 nitrogen and oxygen atoms in total. The van der Waals surface area contributed by atoms with Crippen molar-refractivity contribution in [3.05, 3.63) is 24.5 Å². The van der Waals surface area contributed by atoms with Crippen LogP contribution in [0.2, 0.25) is 0 Å². The van der Waals surface area contributed by atoms with Gasteiger partial charge < -0.3 is 15.8 Å². The van der Waals surface area contributed by atoms with Crippen LogP contribution in [0.3, 0.4) is 0 Å². The number of anilines is 2. The number of nitrogens with two attached hydrogens (primary N) is 1. The highest BCUT2D eigenvalue weighted by atomic mass is 32.2. The van der Waals surface area contributed by atoms with Crippen LogP contribution < -0.4 is 15.8 Å². The highest BCUT2D eigenvalue weighted by Gasteiger charge is 2.06. The Balaban J connectivity index is 1.74. The van der Waals surface area contributed by atoms with Gasteiger partial charge in [-0.25, -0.2) is 4.98 Å². The second-order valence-corrected chi connectivity index (χ2v) is 5.33. The number of aromatic nitrogens is 3. The summed E-state index contributed by atoms with van der Waals surface area (Å²) in [7, 11) is 1.57. The summed E-state index contributed by atoms with van der Waals surface area (Å²) >= 11 is 1.53. The normalized spacial score (nSPS) is 10.3. The van der Waals surface area contributed by atoms with Crippen LogP contribution in [0.15, 0.2) is 29.7 Å². The third kappa shape index (κ3) is 4.67. The van der Waals surface area contributed by atoms with E-state index in [1.54, 1.807) is 25.3 Å². The van der Waals surface area contributed by atoms with E-state index in [4.69, 9.17) is 10.5 Å². The molecule has 0 radical (unpaired) electrons. The van der Waals surface area contributed by atoms with Crippen molar-refractivity contribution in [3.8, 4) is 5.75 Å². The first-order valence-corrected chi connectivity index (χ1v) is 7.39. The summed E-state index contributed by atoms with van der Waals surface area (Å²) < 4.78 is 5.06. The molecule has 1 aromatic carbocycles. The maximum atomic E-state index is 11.8. The fourth-order valence-electron chi connectivity index (χ4n) is 1.66. The Morgan fingerprint density at radius 3 is 3.05 bits per heavy atom. The number of hydrogen-bond acceptors (Lipinski definition) is 6. The van der Waals surface area contributed by atoms with Gasteiger partial charge in [-0.1, -0.05) is 11.8 Å². The topological polar surface area (TPSA) is 106 Å². The number of aromatic amines is 1. The molecule has 1 amide bonds. The Morgan fingerprint density at radius 2 is 2.38 bits per heavy atom. The Kier molecular flexibility index (Phi) is 5.44. The van der Waals surface area contributed by atoms with Crippen molar-refractivity contribution >= 4 is 29.0 Å². The van der Waals surface area contributed by atoms with Crippen LogP contribution in [0.5, 0.6) is 5.75 Å². The summed E-state index contributed by atoms with van der Waals surface area (Å²) in [6.45, 7) is 0. The van der Waals surface area contributed by atoms with Gasteiger partial charge in [0.2, 0.25) is 5.91 Å². The number of nitrogens with zero attached hydrogens (tertiary/aromatic N) is 2. The lowest BCUT2D eigenvalue weighted by Crippen LogP contribution is -2.12. The van der Waals surface area contributed by atoms with E-state index >= 15 is 0 Å². The monoisotopic (exact) mass is 307 g/mol. The van der Waals surface area contributed by atoms with E-state index < -0.39 is 0 Å². The van der Waals surface area contributed by atoms with Crippen LogP contribution in [0.1, 0.15) is 12.8 Å². The zero-order valence-electron chi connectivity index (χ0n) is 11.6. The van der Waals surface area contributed by atoms with Gasteiger partial charge >= 0.3 is 0 Å². The lowest BCUT2D eigenvalue weighted by atomic mass is 10.2. The van der Waals surface area contributed by atoms with E-state index in [1.165, 1.54) is 18.1 Å². The number of rotatable bonds is 7. The minimum Gasteiger partial charge on any atom is -0.497 e. The van der Waals surface area contributed by atoms with E-state index in [9.17, 15) is 4.79 Å². The molecule has 0 aliphatic heterocycles. The lowest BCUT2D eigenvalue weighted by Gasteiger charge is -2.09. The van der Waals surface area contributed by atoms with Gasteiger partial charge in [0.15, 0.2) is 5.16 Å². The number of amides is 1. The summed E-state index contributed by atoms with van der Waals surface area (Å²) in [5, 5.41) is 10.1. The Morgan fingerprint density at radius 1 is 1.52 bits per heavy atom. The molecular weight excluding hydrogens is 290 g/mol. The maximum absolute atomic E-state index is 11.8. The summed E-state index contributed by atoms with van der Waals surface area (Å²) in [5.41, 5.74) is 6.93. The predicted molar refractivity (Wildman–Crippen MR) is 82.4 cm³/mol. The van der Waals surface area contributed by atoms with Gasteiger partial charge in [-0.3, -0.25) is 9.89 Å². The summed E-state index contributed by atoms with van der Waals surface area (Å²) in [4.78, 5) is 15.8. The van der Waals surface area contributed by atoms with Gasteiger partial charge in [0.05, 0.1) is 18.5 Å². The van der Waals surface area contributed by atoms with Crippen LogP contribution in [-0.4, -0.2) is 34.0 Å². The third-order valence-electron chi connectivity index (χ3n) is 2.71. The van der Waals surface area contributed by atoms with E-state index in [-0.39, 0.29) is 5.91 Å². The SMILES string of the molecule is COc1ccc(NC(=O)CCCSc2ncn[nH]2)c(N)c1. The number of nitrogen functional groups attached to an aromatic ring is 1. The van der Waals surface area contributed by atoms with Crippen LogP contribution in [-0.2, 0) is 4.79 Å². The predicted octanol–water partition coefficient (Wildman–Crippen LogP) is 1.91. The van der Waals surface area contributed by atoms with Gasteiger partial charge in [-0.2, -0.15) is 5.10 Å². The van der Waals surface area contributed by atoms with Crippen molar-refractivity contribution in [1.29, 1.82) is 0 Å². The molecule has 2 aromatic rings. The minimum absolute atomic E-state index is 0.0648. The smallest absolute Gasteiger partial charge is 0.224 e. The molecule has 0 unspecified atom stereocenters. The van der Waals surface area contributed by atoms with E-state index in [2.05, 4.69) is 20.5 Å². The molecule has 21 heavy (non-hydrogen) atoms. The largest absolute Gasteiger partial charge is 0.497 e. The van der Waals surface area contributed by atoms with Crippen LogP contribution in [0.4, 0.5) is 11.4 Å². The van der Waals surface area contributed by atoms with Crippen molar-refractivity contribution in [2.75, 3.05) is 23.9 Å². The standard InChI is InChI=1S/C13H17N5O2S/c1-20-9-4-5-11(10(14)7-9)17-12(19)3-2-6-21-13-15-8-16-18-13/h4-5,7-8H,2-3,6,14H2,1H3,(H,17,19)(H,15,16,18). The van der Waals surface area contributed by atoms with Crippen molar-refractivity contribution in [1.82, 2.24) is 15.2 Å². The molecule has 0 spiro atoms. The van der Waals surface area contributed by atoms with E-state index in [0.717, 1.165) is 17.3 Å². The molecule has 0 aliphatic carbocycles. The van der Waals surface area contributed by atoms with Crippen LogP contribution >= 0.6 is 11.8 Å². The first-order valence-electron chi connectivity index (χ1n) is 6.40. The van der Waals surface area contributed by atoms with Crippen molar-refractivity contribution in [2.24, 2.45) is 0 Å². The van der Waals surface area contributed by atoms with Gasteiger partial charge in [0.1, 0.15) is 12.1 Å². The van der Waals surface area contributed by atoms with Crippen molar-refractivity contribution < 1.29 is 9.53 Å². The first-order chi connectivity index (χ1) is 10.2.